The third-order valence-electron chi connectivity index (χ3n) is 13.3. The van der Waals surface area contributed by atoms with Crippen LogP contribution in [0.3, 0.4) is 0 Å². The van der Waals surface area contributed by atoms with Gasteiger partial charge in [0.15, 0.2) is 23.0 Å². The van der Waals surface area contributed by atoms with Gasteiger partial charge in [-0.2, -0.15) is 0 Å². The zero-order chi connectivity index (χ0) is 48.5. The zero-order valence-electron chi connectivity index (χ0n) is 39.7. The fourth-order valence-electron chi connectivity index (χ4n) is 10.1. The van der Waals surface area contributed by atoms with Crippen molar-refractivity contribution in [3.05, 3.63) is 285 Å². The normalized spacial score (nSPS) is 12.0. The summed E-state index contributed by atoms with van der Waals surface area (Å²) in [4.78, 5) is 11.6. The molecule has 0 aliphatic carbocycles. The van der Waals surface area contributed by atoms with Crippen molar-refractivity contribution in [3.63, 3.8) is 0 Å². The summed E-state index contributed by atoms with van der Waals surface area (Å²) >= 11 is 0. The number of anilines is 15. The Kier molecular flexibility index (Phi) is 11.1. The molecule has 348 valence electrons. The minimum absolute atomic E-state index is 0.770. The van der Waals surface area contributed by atoms with Gasteiger partial charge in [0.1, 0.15) is 0 Å². The van der Waals surface area contributed by atoms with E-state index in [1.54, 1.807) is 0 Å². The predicted molar refractivity (Wildman–Crippen MR) is 300 cm³/mol. The average Bonchev–Trinajstić information content (AvgIpc) is 3.46. The van der Waals surface area contributed by atoms with Crippen molar-refractivity contribution in [3.8, 4) is 23.0 Å². The van der Waals surface area contributed by atoms with Crippen LogP contribution in [0.25, 0.3) is 0 Å². The number of ether oxygens (including phenoxy) is 2. The van der Waals surface area contributed by atoms with Crippen LogP contribution in [0.15, 0.2) is 285 Å². The molecule has 0 fully saturated rings. The minimum Gasteiger partial charge on any atom is -0.453 e. The van der Waals surface area contributed by atoms with E-state index in [4.69, 9.17) is 9.47 Å². The Bertz CT molecular complexity index is 3470. The van der Waals surface area contributed by atoms with Crippen molar-refractivity contribution in [1.29, 1.82) is 0 Å². The molecule has 11 aromatic carbocycles. The second-order valence-corrected chi connectivity index (χ2v) is 17.8. The zero-order valence-corrected chi connectivity index (χ0v) is 39.7. The molecule has 0 saturated carbocycles. The standard InChI is InChI=1S/C66H47N5O2/c1-7-23-48(24-8-1)67(49-25-9-2-10-26-49)56-43-57(68(50-27-11-3-12-28-50)54-39-41-65-61(46-54)70(52-31-15-5-16-32-52)59-35-19-21-37-63(59)72-65)45-58(44-56)69(51-29-13-4-14-30-51)55-40-42-66-62(47-55)71(53-33-17-6-18-34-53)60-36-20-22-38-64(60)73-66/h1-47H. The first-order valence-electron chi connectivity index (χ1n) is 24.5. The van der Waals surface area contributed by atoms with Gasteiger partial charge in [-0.3, -0.25) is 0 Å². The van der Waals surface area contributed by atoms with Crippen molar-refractivity contribution in [2.75, 3.05) is 24.5 Å². The maximum Gasteiger partial charge on any atom is 0.151 e. The Morgan fingerprint density at radius 1 is 0.205 bits per heavy atom. The molecular weight excluding hydrogens is 895 g/mol. The monoisotopic (exact) mass is 941 g/mol. The SMILES string of the molecule is c1ccc(N(c2ccccc2)c2cc(N(c3ccccc3)c3ccc4c(c3)N(c3ccccc3)c3ccccc3O4)cc(N(c3ccccc3)c3ccc4c(c3)N(c3ccccc3)c3ccccc3O4)c2)cc1. The van der Waals surface area contributed by atoms with Gasteiger partial charge in [0, 0.05) is 45.5 Å². The van der Waals surface area contributed by atoms with E-state index in [9.17, 15) is 0 Å². The number of hydrogen-bond acceptors (Lipinski definition) is 7. The maximum atomic E-state index is 6.68. The molecular formula is C66H47N5O2. The third kappa shape index (κ3) is 8.11. The highest BCUT2D eigenvalue weighted by Crippen LogP contribution is 2.55. The fourth-order valence-corrected chi connectivity index (χ4v) is 10.1. The second kappa shape index (κ2) is 18.7. The highest BCUT2D eigenvalue weighted by Gasteiger charge is 2.30. The van der Waals surface area contributed by atoms with E-state index in [0.717, 1.165) is 108 Å². The van der Waals surface area contributed by atoms with Gasteiger partial charge in [0.05, 0.1) is 39.8 Å². The van der Waals surface area contributed by atoms with Crippen molar-refractivity contribution in [2.24, 2.45) is 0 Å². The molecule has 0 radical (unpaired) electrons. The summed E-state index contributed by atoms with van der Waals surface area (Å²) in [5.74, 6) is 3.15. The molecule has 0 atom stereocenters. The van der Waals surface area contributed by atoms with Crippen LogP contribution in [-0.4, -0.2) is 0 Å². The largest absolute Gasteiger partial charge is 0.453 e. The van der Waals surface area contributed by atoms with Gasteiger partial charge in [0.2, 0.25) is 0 Å². The van der Waals surface area contributed by atoms with Gasteiger partial charge in [-0.05, 0) is 152 Å². The fraction of sp³-hybridized carbons (Fsp3) is 0. The number of rotatable bonds is 11. The van der Waals surface area contributed by atoms with Gasteiger partial charge in [0.25, 0.3) is 0 Å². The lowest BCUT2D eigenvalue weighted by Crippen LogP contribution is -2.19. The lowest BCUT2D eigenvalue weighted by atomic mass is 10.1. The molecule has 2 aliphatic heterocycles. The summed E-state index contributed by atoms with van der Waals surface area (Å²) in [6.07, 6.45) is 0. The van der Waals surface area contributed by atoms with Crippen LogP contribution in [0.5, 0.6) is 23.0 Å². The quantitative estimate of drug-likeness (QED) is 0.128. The Hall–Kier alpha value is -9.98. The van der Waals surface area contributed by atoms with E-state index in [1.807, 2.05) is 24.3 Å². The first kappa shape index (κ1) is 43.1. The summed E-state index contributed by atoms with van der Waals surface area (Å²) in [5.41, 5.74) is 14.7. The molecule has 0 amide bonds. The van der Waals surface area contributed by atoms with Crippen LogP contribution in [0.4, 0.5) is 85.3 Å². The summed E-state index contributed by atoms with van der Waals surface area (Å²) < 4.78 is 13.4. The Morgan fingerprint density at radius 2 is 0.479 bits per heavy atom. The molecule has 73 heavy (non-hydrogen) atoms. The molecule has 7 heteroatoms. The Morgan fingerprint density at radius 3 is 0.822 bits per heavy atom. The summed E-state index contributed by atoms with van der Waals surface area (Å²) in [7, 11) is 0. The van der Waals surface area contributed by atoms with Crippen LogP contribution in [-0.2, 0) is 0 Å². The molecule has 2 aliphatic rings. The van der Waals surface area contributed by atoms with Gasteiger partial charge in [-0.15, -0.1) is 0 Å². The number of para-hydroxylation sites is 10. The first-order valence-corrected chi connectivity index (χ1v) is 24.5. The van der Waals surface area contributed by atoms with Crippen molar-refractivity contribution >= 4 is 85.3 Å². The van der Waals surface area contributed by atoms with E-state index in [1.165, 1.54) is 0 Å². The Balaban J connectivity index is 1.05. The van der Waals surface area contributed by atoms with Crippen LogP contribution in [0, 0.1) is 0 Å². The average molecular weight is 942 g/mol. The first-order chi connectivity index (χ1) is 36.2. The number of nitrogens with zero attached hydrogens (tertiary/aromatic N) is 5. The molecule has 2 heterocycles. The lowest BCUT2D eigenvalue weighted by molar-refractivity contribution is 0.477. The van der Waals surface area contributed by atoms with E-state index < -0.39 is 0 Å². The van der Waals surface area contributed by atoms with Gasteiger partial charge < -0.3 is 34.0 Å². The van der Waals surface area contributed by atoms with Crippen LogP contribution >= 0.6 is 0 Å². The molecule has 0 N–H and O–H groups in total. The topological polar surface area (TPSA) is 34.7 Å². The number of hydrogen-bond donors (Lipinski definition) is 0. The highest BCUT2D eigenvalue weighted by molar-refractivity contribution is 5.94. The maximum absolute atomic E-state index is 6.68. The van der Waals surface area contributed by atoms with E-state index >= 15 is 0 Å². The molecule has 0 bridgehead atoms. The molecule has 7 nitrogen and oxygen atoms in total. The summed E-state index contributed by atoms with van der Waals surface area (Å²) in [6.45, 7) is 0. The van der Waals surface area contributed by atoms with Crippen molar-refractivity contribution in [2.45, 2.75) is 0 Å². The highest BCUT2D eigenvalue weighted by atomic mass is 16.5. The van der Waals surface area contributed by atoms with Gasteiger partial charge in [-0.25, -0.2) is 0 Å². The van der Waals surface area contributed by atoms with E-state index in [2.05, 4.69) is 285 Å². The minimum atomic E-state index is 0.770. The van der Waals surface area contributed by atoms with Gasteiger partial charge in [-0.1, -0.05) is 133 Å². The van der Waals surface area contributed by atoms with E-state index in [0.29, 0.717) is 0 Å². The van der Waals surface area contributed by atoms with Crippen molar-refractivity contribution in [1.82, 2.24) is 0 Å². The van der Waals surface area contributed by atoms with Crippen LogP contribution < -0.4 is 34.0 Å². The molecule has 11 aromatic rings. The third-order valence-corrected chi connectivity index (χ3v) is 13.3. The Labute approximate surface area is 425 Å². The summed E-state index contributed by atoms with van der Waals surface area (Å²) in [5, 5.41) is 0. The molecule has 0 saturated heterocycles. The summed E-state index contributed by atoms with van der Waals surface area (Å²) in [6, 6.07) is 99.8. The second-order valence-electron chi connectivity index (χ2n) is 17.8. The smallest absolute Gasteiger partial charge is 0.151 e. The lowest BCUT2D eigenvalue weighted by Gasteiger charge is -2.36. The number of benzene rings is 11. The van der Waals surface area contributed by atoms with Crippen LogP contribution in [0.1, 0.15) is 0 Å². The van der Waals surface area contributed by atoms with Crippen molar-refractivity contribution < 1.29 is 9.47 Å². The number of fused-ring (bicyclic) bond motifs is 4. The predicted octanol–water partition coefficient (Wildman–Crippen LogP) is 19.2. The van der Waals surface area contributed by atoms with Crippen LogP contribution in [0.2, 0.25) is 0 Å². The molecule has 0 unspecified atom stereocenters. The molecule has 13 rings (SSSR count). The molecule has 0 spiro atoms. The van der Waals surface area contributed by atoms with Gasteiger partial charge >= 0.3 is 0 Å². The van der Waals surface area contributed by atoms with E-state index in [-0.39, 0.29) is 0 Å². The molecule has 0 aromatic heterocycles.